The average Bonchev–Trinajstić information content (AvgIpc) is 3.24. The molecule has 2 heterocycles. The van der Waals surface area contributed by atoms with Crippen LogP contribution in [0.2, 0.25) is 0 Å². The largest absolute Gasteiger partial charge is 0.383 e. The summed E-state index contributed by atoms with van der Waals surface area (Å²) in [5, 5.41) is 13.4. The quantitative estimate of drug-likeness (QED) is 0.544. The van der Waals surface area contributed by atoms with Crippen LogP contribution in [0.3, 0.4) is 0 Å². The maximum Gasteiger partial charge on any atom is 0.257 e. The topological polar surface area (TPSA) is 90.1 Å². The Morgan fingerprint density at radius 2 is 2.03 bits per heavy atom. The van der Waals surface area contributed by atoms with Crippen molar-refractivity contribution in [2.24, 2.45) is 0 Å². The number of tetrazole rings is 1. The molecule has 4 rings (SSSR count). The van der Waals surface area contributed by atoms with E-state index in [-0.39, 0.29) is 5.56 Å². The number of nitrogens with zero attached hydrogens (tertiary/aromatic N) is 4. The molecule has 0 bridgehead atoms. The molecule has 1 aromatic carbocycles. The minimum absolute atomic E-state index is 0.00373. The van der Waals surface area contributed by atoms with Crippen LogP contribution in [0.5, 0.6) is 0 Å². The van der Waals surface area contributed by atoms with Crippen molar-refractivity contribution in [2.75, 3.05) is 13.7 Å². The highest BCUT2D eigenvalue weighted by Crippen LogP contribution is 2.17. The van der Waals surface area contributed by atoms with Crippen LogP contribution in [0, 0.1) is 0 Å². The van der Waals surface area contributed by atoms with Gasteiger partial charge in [0.2, 0.25) is 5.82 Å². The Hall–Kier alpha value is -2.58. The number of ether oxygens (including phenoxy) is 1. The third-order valence-electron chi connectivity index (χ3n) is 6.49. The highest BCUT2D eigenvalue weighted by molar-refractivity contribution is 5.79. The van der Waals surface area contributed by atoms with Crippen LogP contribution < -0.4 is 10.5 Å². The molecule has 1 unspecified atom stereocenters. The molecule has 0 radical (unpaired) electrons. The van der Waals surface area contributed by atoms with Gasteiger partial charge in [-0.25, -0.2) is 4.68 Å². The molecule has 0 aliphatic heterocycles. The molecule has 1 aliphatic rings. The van der Waals surface area contributed by atoms with Gasteiger partial charge in [-0.15, -0.1) is 5.10 Å². The molecule has 8 nitrogen and oxygen atoms in total. The van der Waals surface area contributed by atoms with Gasteiger partial charge in [-0.3, -0.25) is 4.79 Å². The summed E-state index contributed by atoms with van der Waals surface area (Å²) in [5.74, 6) is 0.850. The Bertz CT molecular complexity index is 1050. The highest BCUT2D eigenvalue weighted by atomic mass is 16.5. The first-order valence-corrected chi connectivity index (χ1v) is 11.4. The lowest BCUT2D eigenvalue weighted by molar-refractivity contribution is -0.954. The maximum atomic E-state index is 12.9. The van der Waals surface area contributed by atoms with E-state index in [1.54, 1.807) is 7.11 Å². The highest BCUT2D eigenvalue weighted by Gasteiger charge is 2.28. The fourth-order valence-electron chi connectivity index (χ4n) is 4.66. The van der Waals surface area contributed by atoms with Gasteiger partial charge < -0.3 is 14.6 Å². The second-order valence-electron chi connectivity index (χ2n) is 8.56. The van der Waals surface area contributed by atoms with Crippen molar-refractivity contribution >= 4 is 10.9 Å². The SMILES string of the molecule is CCc1ccc2[nH]c(=O)c(C[NH+](Cc3nnnn3CCOC)C3CCCCC3)cc2c1. The Kier molecular flexibility index (Phi) is 7.09. The van der Waals surface area contributed by atoms with Crippen molar-refractivity contribution in [3.05, 3.63) is 51.6 Å². The van der Waals surface area contributed by atoms with E-state index in [0.717, 1.165) is 28.7 Å². The Morgan fingerprint density at radius 3 is 2.81 bits per heavy atom. The van der Waals surface area contributed by atoms with Gasteiger partial charge >= 0.3 is 0 Å². The number of aromatic nitrogens is 5. The van der Waals surface area contributed by atoms with E-state index in [4.69, 9.17) is 4.74 Å². The van der Waals surface area contributed by atoms with E-state index in [0.29, 0.717) is 32.3 Å². The first kappa shape index (κ1) is 21.6. The summed E-state index contributed by atoms with van der Waals surface area (Å²) < 4.78 is 7.02. The number of methoxy groups -OCH3 is 1. The molecule has 1 saturated carbocycles. The third-order valence-corrected chi connectivity index (χ3v) is 6.49. The number of hydrogen-bond donors (Lipinski definition) is 2. The van der Waals surface area contributed by atoms with Crippen molar-refractivity contribution in [1.82, 2.24) is 25.2 Å². The molecule has 1 fully saturated rings. The second-order valence-corrected chi connectivity index (χ2v) is 8.56. The Labute approximate surface area is 182 Å². The van der Waals surface area contributed by atoms with Gasteiger partial charge in [-0.2, -0.15) is 0 Å². The van der Waals surface area contributed by atoms with Crippen LogP contribution in [-0.4, -0.2) is 44.9 Å². The summed E-state index contributed by atoms with van der Waals surface area (Å²) in [6.45, 7) is 4.72. The van der Waals surface area contributed by atoms with Crippen LogP contribution in [0.4, 0.5) is 0 Å². The number of rotatable bonds is 9. The lowest BCUT2D eigenvalue weighted by Gasteiger charge is -2.31. The predicted octanol–water partition coefficient (Wildman–Crippen LogP) is 1.64. The normalized spacial score (nSPS) is 16.1. The minimum Gasteiger partial charge on any atom is -0.383 e. The Balaban J connectivity index is 1.62. The second kappa shape index (κ2) is 10.2. The van der Waals surface area contributed by atoms with E-state index in [1.165, 1.54) is 42.6 Å². The molecule has 8 heteroatoms. The standard InChI is InChI=1S/C23H32N6O2/c1-3-17-9-10-21-18(13-17)14-19(23(30)24-21)15-28(20-7-5-4-6-8-20)16-22-25-26-27-29(22)11-12-31-2/h9-10,13-14,20H,3-8,11-12,15-16H2,1-2H3,(H,24,30)/p+1. The summed E-state index contributed by atoms with van der Waals surface area (Å²) in [6.07, 6.45) is 7.13. The summed E-state index contributed by atoms with van der Waals surface area (Å²) >= 11 is 0. The molecular formula is C23H33N6O2+. The van der Waals surface area contributed by atoms with E-state index in [2.05, 4.69) is 45.6 Å². The van der Waals surface area contributed by atoms with E-state index < -0.39 is 0 Å². The molecule has 1 atom stereocenters. The number of fused-ring (bicyclic) bond motifs is 1. The van der Waals surface area contributed by atoms with E-state index >= 15 is 0 Å². The smallest absolute Gasteiger partial charge is 0.257 e. The van der Waals surface area contributed by atoms with E-state index in [9.17, 15) is 4.79 Å². The van der Waals surface area contributed by atoms with Gasteiger partial charge in [0.15, 0.2) is 0 Å². The van der Waals surface area contributed by atoms with Gasteiger partial charge in [-0.1, -0.05) is 19.4 Å². The van der Waals surface area contributed by atoms with Gasteiger partial charge in [0, 0.05) is 12.6 Å². The fraction of sp³-hybridized carbons (Fsp3) is 0.565. The fourth-order valence-corrected chi connectivity index (χ4v) is 4.66. The van der Waals surface area contributed by atoms with Crippen molar-refractivity contribution in [3.63, 3.8) is 0 Å². The number of nitrogens with one attached hydrogen (secondary N) is 2. The molecule has 0 spiro atoms. The average molecular weight is 426 g/mol. The Morgan fingerprint density at radius 1 is 1.19 bits per heavy atom. The molecule has 0 saturated heterocycles. The predicted molar refractivity (Wildman–Crippen MR) is 119 cm³/mol. The zero-order valence-corrected chi connectivity index (χ0v) is 18.6. The molecule has 31 heavy (non-hydrogen) atoms. The molecule has 2 N–H and O–H groups in total. The summed E-state index contributed by atoms with van der Waals surface area (Å²) in [6, 6.07) is 8.86. The van der Waals surface area contributed by atoms with Gasteiger partial charge in [-0.05, 0) is 71.7 Å². The van der Waals surface area contributed by atoms with Crippen molar-refractivity contribution in [2.45, 2.75) is 71.1 Å². The summed E-state index contributed by atoms with van der Waals surface area (Å²) in [7, 11) is 1.68. The van der Waals surface area contributed by atoms with Gasteiger partial charge in [0.05, 0.1) is 24.8 Å². The van der Waals surface area contributed by atoms with Crippen molar-refractivity contribution in [1.29, 1.82) is 0 Å². The molecule has 0 amide bonds. The summed E-state index contributed by atoms with van der Waals surface area (Å²) in [5.41, 5.74) is 3.01. The minimum atomic E-state index is 0.00373. The molecule has 166 valence electrons. The number of H-pyrrole nitrogens is 1. The number of pyridine rings is 1. The molecule has 2 aromatic heterocycles. The zero-order valence-electron chi connectivity index (χ0n) is 18.6. The number of quaternary nitrogens is 1. The molecule has 3 aromatic rings. The number of hydrogen-bond acceptors (Lipinski definition) is 5. The maximum absolute atomic E-state index is 12.9. The molecular weight excluding hydrogens is 392 g/mol. The number of aromatic amines is 1. The number of benzene rings is 1. The molecule has 1 aliphatic carbocycles. The summed E-state index contributed by atoms with van der Waals surface area (Å²) in [4.78, 5) is 17.3. The van der Waals surface area contributed by atoms with Crippen LogP contribution in [0.25, 0.3) is 10.9 Å². The van der Waals surface area contributed by atoms with Gasteiger partial charge in [0.25, 0.3) is 5.56 Å². The first-order chi connectivity index (χ1) is 15.2. The van der Waals surface area contributed by atoms with Crippen LogP contribution >= 0.6 is 0 Å². The van der Waals surface area contributed by atoms with E-state index in [1.807, 2.05) is 10.7 Å². The van der Waals surface area contributed by atoms with Crippen LogP contribution in [-0.2, 0) is 30.8 Å². The van der Waals surface area contributed by atoms with Crippen LogP contribution in [0.1, 0.15) is 56.0 Å². The number of aryl methyl sites for hydroxylation is 1. The van der Waals surface area contributed by atoms with Gasteiger partial charge in [0.1, 0.15) is 13.1 Å². The third kappa shape index (κ3) is 5.19. The lowest BCUT2D eigenvalue weighted by atomic mass is 9.93. The monoisotopic (exact) mass is 425 g/mol. The zero-order chi connectivity index (χ0) is 21.6. The first-order valence-electron chi connectivity index (χ1n) is 11.4. The van der Waals surface area contributed by atoms with Crippen LogP contribution in [0.15, 0.2) is 29.1 Å². The lowest BCUT2D eigenvalue weighted by Crippen LogP contribution is -3.13. The van der Waals surface area contributed by atoms with Crippen molar-refractivity contribution in [3.8, 4) is 0 Å². The van der Waals surface area contributed by atoms with Crippen molar-refractivity contribution < 1.29 is 9.64 Å².